The van der Waals surface area contributed by atoms with E-state index in [4.69, 9.17) is 5.73 Å². The van der Waals surface area contributed by atoms with Crippen LogP contribution in [0, 0.1) is 11.8 Å². The van der Waals surface area contributed by atoms with Crippen LogP contribution < -0.4 is 10.5 Å². The van der Waals surface area contributed by atoms with Gasteiger partial charge in [0, 0.05) is 27.2 Å². The number of amides is 1. The molecule has 0 fully saturated rings. The molecule has 4 aromatic rings. The molecule has 0 aliphatic rings. The summed E-state index contributed by atoms with van der Waals surface area (Å²) in [7, 11) is -3.88. The van der Waals surface area contributed by atoms with Crippen LogP contribution in [0.3, 0.4) is 0 Å². The van der Waals surface area contributed by atoms with E-state index in [0.717, 1.165) is 9.86 Å². The van der Waals surface area contributed by atoms with Crippen molar-refractivity contribution in [2.45, 2.75) is 4.90 Å². The van der Waals surface area contributed by atoms with Crippen LogP contribution in [-0.2, 0) is 10.0 Å². The molecule has 0 bridgehead atoms. The number of nitrogens with two attached hydrogens (primary N) is 1. The van der Waals surface area contributed by atoms with Gasteiger partial charge in [0.1, 0.15) is 5.69 Å². The maximum atomic E-state index is 13.2. The van der Waals surface area contributed by atoms with E-state index in [0.29, 0.717) is 22.2 Å². The van der Waals surface area contributed by atoms with Gasteiger partial charge < -0.3 is 5.73 Å². The first-order chi connectivity index (χ1) is 15.3. The lowest BCUT2D eigenvalue weighted by molar-refractivity contribution is 0.0995. The molecule has 1 aromatic heterocycles. The lowest BCUT2D eigenvalue weighted by atomic mass is 10.1. The molecule has 1 amide bonds. The lowest BCUT2D eigenvalue weighted by Gasteiger charge is -2.12. The molecular weight excluding hydrogens is 490 g/mol. The zero-order valence-electron chi connectivity index (χ0n) is 16.5. The minimum Gasteiger partial charge on any atom is -0.364 e. The molecule has 4 rings (SSSR count). The Morgan fingerprint density at radius 2 is 1.62 bits per heavy atom. The molecule has 8 heteroatoms. The average Bonchev–Trinajstić information content (AvgIpc) is 2.79. The highest BCUT2D eigenvalue weighted by Gasteiger charge is 2.19. The summed E-state index contributed by atoms with van der Waals surface area (Å²) in [5.74, 6) is 5.26. The van der Waals surface area contributed by atoms with Crippen LogP contribution in [0.5, 0.6) is 0 Å². The van der Waals surface area contributed by atoms with Gasteiger partial charge in [-0.2, -0.15) is 0 Å². The molecule has 3 aromatic carbocycles. The summed E-state index contributed by atoms with van der Waals surface area (Å²) in [6, 6.07) is 20.5. The van der Waals surface area contributed by atoms with Crippen molar-refractivity contribution in [1.29, 1.82) is 0 Å². The largest absolute Gasteiger partial charge is 0.364 e. The average molecular weight is 506 g/mol. The van der Waals surface area contributed by atoms with Crippen molar-refractivity contribution in [3.63, 3.8) is 0 Å². The lowest BCUT2D eigenvalue weighted by Crippen LogP contribution is -2.14. The Morgan fingerprint density at radius 1 is 0.906 bits per heavy atom. The minimum absolute atomic E-state index is 0.144. The van der Waals surface area contributed by atoms with Gasteiger partial charge in [0.05, 0.1) is 10.6 Å². The van der Waals surface area contributed by atoms with Crippen LogP contribution in [0.4, 0.5) is 5.69 Å². The Labute approximate surface area is 193 Å². The third-order valence-corrected chi connectivity index (χ3v) is 6.76. The summed E-state index contributed by atoms with van der Waals surface area (Å²) in [6.07, 6.45) is 1.44. The number of nitrogens with zero attached hydrogens (tertiary/aromatic N) is 1. The molecule has 3 N–H and O–H groups in total. The van der Waals surface area contributed by atoms with Gasteiger partial charge >= 0.3 is 0 Å². The van der Waals surface area contributed by atoms with Gasteiger partial charge in [-0.05, 0) is 41.8 Å². The number of aromatic nitrogens is 1. The van der Waals surface area contributed by atoms with E-state index in [-0.39, 0.29) is 10.6 Å². The molecule has 0 aliphatic heterocycles. The van der Waals surface area contributed by atoms with Crippen LogP contribution in [-0.4, -0.2) is 19.3 Å². The smallest absolute Gasteiger partial charge is 0.267 e. The maximum Gasteiger partial charge on any atom is 0.267 e. The fraction of sp³-hybridized carbons (Fsp3) is 0. The summed E-state index contributed by atoms with van der Waals surface area (Å²) < 4.78 is 29.9. The van der Waals surface area contributed by atoms with Gasteiger partial charge in [-0.25, -0.2) is 13.4 Å². The second-order valence-corrected chi connectivity index (χ2v) is 9.29. The molecular formula is C24H16BrN3O3S. The third-order valence-electron chi connectivity index (χ3n) is 4.65. The number of benzene rings is 3. The quantitative estimate of drug-likeness (QED) is 0.403. The number of nitrogens with one attached hydrogen (secondary N) is 1. The fourth-order valence-electron chi connectivity index (χ4n) is 3.10. The van der Waals surface area contributed by atoms with Crippen LogP contribution in [0.1, 0.15) is 21.6 Å². The molecule has 0 saturated carbocycles. The summed E-state index contributed by atoms with van der Waals surface area (Å²) in [6.45, 7) is 0. The molecule has 1 heterocycles. The number of carbonyl (C=O) groups is 1. The molecule has 0 atom stereocenters. The number of primary amides is 1. The van der Waals surface area contributed by atoms with Crippen molar-refractivity contribution < 1.29 is 13.2 Å². The predicted molar refractivity (Wildman–Crippen MR) is 128 cm³/mol. The van der Waals surface area contributed by atoms with E-state index in [1.807, 2.05) is 12.1 Å². The SMILES string of the molecule is NC(=O)c1ccc(C#Cc2ccccc2NS(=O)(=O)c2ccc(Br)c3ccccc23)cn1. The molecule has 32 heavy (non-hydrogen) atoms. The fourth-order valence-corrected chi connectivity index (χ4v) is 4.87. The van der Waals surface area contributed by atoms with Gasteiger partial charge in [-0.1, -0.05) is 64.2 Å². The second-order valence-electron chi connectivity index (χ2n) is 6.79. The van der Waals surface area contributed by atoms with E-state index in [1.165, 1.54) is 12.3 Å². The van der Waals surface area contributed by atoms with Crippen molar-refractivity contribution in [1.82, 2.24) is 4.98 Å². The number of hydrogen-bond donors (Lipinski definition) is 2. The van der Waals surface area contributed by atoms with Crippen molar-refractivity contribution in [2.75, 3.05) is 4.72 Å². The molecule has 0 radical (unpaired) electrons. The molecule has 0 unspecified atom stereocenters. The van der Waals surface area contributed by atoms with Crippen LogP contribution in [0.15, 0.2) is 88.4 Å². The zero-order valence-corrected chi connectivity index (χ0v) is 18.9. The maximum absolute atomic E-state index is 13.2. The number of carbonyl (C=O) groups excluding carboxylic acids is 1. The van der Waals surface area contributed by atoms with Crippen molar-refractivity contribution in [3.05, 3.63) is 100 Å². The predicted octanol–water partition coefficient (Wildman–Crippen LogP) is 4.30. The zero-order chi connectivity index (χ0) is 22.7. The highest BCUT2D eigenvalue weighted by Crippen LogP contribution is 2.31. The van der Waals surface area contributed by atoms with E-state index < -0.39 is 15.9 Å². The number of fused-ring (bicyclic) bond motifs is 1. The van der Waals surface area contributed by atoms with Crippen LogP contribution >= 0.6 is 15.9 Å². The highest BCUT2D eigenvalue weighted by molar-refractivity contribution is 9.10. The number of sulfonamides is 1. The van der Waals surface area contributed by atoms with E-state index in [9.17, 15) is 13.2 Å². The molecule has 0 aliphatic carbocycles. The van der Waals surface area contributed by atoms with Gasteiger partial charge in [0.15, 0.2) is 0 Å². The highest BCUT2D eigenvalue weighted by atomic mass is 79.9. The monoisotopic (exact) mass is 505 g/mol. The number of halogens is 1. The Balaban J connectivity index is 1.69. The Bertz CT molecular complexity index is 1510. The van der Waals surface area contributed by atoms with E-state index in [2.05, 4.69) is 37.5 Å². The Kier molecular flexibility index (Phi) is 5.95. The number of hydrogen-bond acceptors (Lipinski definition) is 4. The standard InChI is InChI=1S/C24H16BrN3O3S/c25-20-12-14-23(19-7-3-2-6-18(19)20)32(30,31)28-21-8-4-1-5-17(21)11-9-16-10-13-22(24(26)29)27-15-16/h1-8,10,12-15,28H,(H2,26,29). The molecule has 158 valence electrons. The number of anilines is 1. The van der Waals surface area contributed by atoms with E-state index in [1.54, 1.807) is 54.6 Å². The van der Waals surface area contributed by atoms with Crippen molar-refractivity contribution >= 4 is 48.3 Å². The summed E-state index contributed by atoms with van der Waals surface area (Å²) in [4.78, 5) is 15.3. The van der Waals surface area contributed by atoms with Crippen molar-refractivity contribution in [2.24, 2.45) is 5.73 Å². The first-order valence-electron chi connectivity index (χ1n) is 9.42. The van der Waals surface area contributed by atoms with Gasteiger partial charge in [0.2, 0.25) is 0 Å². The number of para-hydroxylation sites is 1. The molecule has 6 nitrogen and oxygen atoms in total. The normalized spacial score (nSPS) is 10.9. The van der Waals surface area contributed by atoms with Gasteiger partial charge in [-0.3, -0.25) is 9.52 Å². The molecule has 0 spiro atoms. The van der Waals surface area contributed by atoms with Gasteiger partial charge in [-0.15, -0.1) is 0 Å². The third kappa shape index (κ3) is 4.49. The van der Waals surface area contributed by atoms with Crippen molar-refractivity contribution in [3.8, 4) is 11.8 Å². The van der Waals surface area contributed by atoms with Gasteiger partial charge in [0.25, 0.3) is 15.9 Å². The first-order valence-corrected chi connectivity index (χ1v) is 11.7. The van der Waals surface area contributed by atoms with E-state index >= 15 is 0 Å². The minimum atomic E-state index is -3.88. The number of pyridine rings is 1. The molecule has 0 saturated heterocycles. The summed E-state index contributed by atoms with van der Waals surface area (Å²) >= 11 is 3.47. The topological polar surface area (TPSA) is 102 Å². The van der Waals surface area contributed by atoms with Crippen LogP contribution in [0.25, 0.3) is 10.8 Å². The summed E-state index contributed by atoms with van der Waals surface area (Å²) in [5, 5.41) is 1.41. The first kappa shape index (κ1) is 21.6. The number of rotatable bonds is 4. The Hall–Kier alpha value is -3.67. The summed E-state index contributed by atoms with van der Waals surface area (Å²) in [5.41, 5.74) is 6.75. The van der Waals surface area contributed by atoms with Crippen LogP contribution in [0.2, 0.25) is 0 Å². The Morgan fingerprint density at radius 3 is 2.34 bits per heavy atom. The second kappa shape index (κ2) is 8.83.